The number of hydrogen-bond donors (Lipinski definition) is 1. The van der Waals surface area contributed by atoms with E-state index in [-0.39, 0.29) is 5.82 Å². The molecule has 0 bridgehead atoms. The standard InChI is InChI=1S/C23H26FN3O/c1-16-4-3-5-18(12-16)21-14-25-26-23(21)17-8-10-27(11-9-17)15-19-13-20(24)6-7-22(19)28-2/h3-7,12-14,17H,8-11,15H2,1-2H3,(H,25,26). The van der Waals surface area contributed by atoms with Gasteiger partial charge in [-0.25, -0.2) is 4.39 Å². The van der Waals surface area contributed by atoms with Crippen molar-refractivity contribution in [2.45, 2.75) is 32.2 Å². The van der Waals surface area contributed by atoms with E-state index in [2.05, 4.69) is 46.3 Å². The lowest BCUT2D eigenvalue weighted by Gasteiger charge is -2.32. The zero-order valence-corrected chi connectivity index (χ0v) is 16.4. The van der Waals surface area contributed by atoms with E-state index in [4.69, 9.17) is 4.74 Å². The third-order valence-corrected chi connectivity index (χ3v) is 5.63. The van der Waals surface area contributed by atoms with Gasteiger partial charge in [-0.15, -0.1) is 0 Å². The number of halogens is 1. The number of methoxy groups -OCH3 is 1. The lowest BCUT2D eigenvalue weighted by Crippen LogP contribution is -2.32. The number of aryl methyl sites for hydroxylation is 1. The van der Waals surface area contributed by atoms with Crippen LogP contribution < -0.4 is 4.74 Å². The van der Waals surface area contributed by atoms with Gasteiger partial charge in [0.1, 0.15) is 11.6 Å². The van der Waals surface area contributed by atoms with E-state index in [0.29, 0.717) is 12.5 Å². The van der Waals surface area contributed by atoms with E-state index in [9.17, 15) is 4.39 Å². The van der Waals surface area contributed by atoms with Gasteiger partial charge < -0.3 is 4.74 Å². The van der Waals surface area contributed by atoms with Gasteiger partial charge in [0, 0.05) is 29.3 Å². The molecule has 0 atom stereocenters. The summed E-state index contributed by atoms with van der Waals surface area (Å²) >= 11 is 0. The number of piperidine rings is 1. The maximum Gasteiger partial charge on any atom is 0.123 e. The monoisotopic (exact) mass is 379 g/mol. The number of likely N-dealkylation sites (tertiary alicyclic amines) is 1. The average molecular weight is 379 g/mol. The number of benzene rings is 2. The minimum atomic E-state index is -0.217. The first kappa shape index (κ1) is 18.7. The van der Waals surface area contributed by atoms with Gasteiger partial charge in [-0.05, 0) is 56.6 Å². The van der Waals surface area contributed by atoms with Crippen LogP contribution in [0.3, 0.4) is 0 Å². The Bertz CT molecular complexity index is 945. The topological polar surface area (TPSA) is 41.1 Å². The predicted octanol–water partition coefficient (Wildman–Crippen LogP) is 4.91. The van der Waals surface area contributed by atoms with Crippen molar-refractivity contribution < 1.29 is 9.13 Å². The Labute approximate surface area is 165 Å². The number of H-pyrrole nitrogens is 1. The highest BCUT2D eigenvalue weighted by Crippen LogP contribution is 2.34. The van der Waals surface area contributed by atoms with E-state index >= 15 is 0 Å². The second-order valence-electron chi connectivity index (χ2n) is 7.57. The van der Waals surface area contributed by atoms with Crippen molar-refractivity contribution in [1.29, 1.82) is 0 Å². The van der Waals surface area contributed by atoms with Crippen molar-refractivity contribution in [1.82, 2.24) is 15.1 Å². The third-order valence-electron chi connectivity index (χ3n) is 5.63. The van der Waals surface area contributed by atoms with E-state index in [1.807, 2.05) is 6.20 Å². The fourth-order valence-electron chi connectivity index (χ4n) is 4.14. The van der Waals surface area contributed by atoms with Gasteiger partial charge in [0.15, 0.2) is 0 Å². The normalized spacial score (nSPS) is 15.7. The Hall–Kier alpha value is -2.66. The highest BCUT2D eigenvalue weighted by atomic mass is 19.1. The molecule has 0 unspecified atom stereocenters. The van der Waals surface area contributed by atoms with Crippen molar-refractivity contribution in [2.75, 3.05) is 20.2 Å². The van der Waals surface area contributed by atoms with Gasteiger partial charge in [-0.3, -0.25) is 10.00 Å². The molecule has 4 nitrogen and oxygen atoms in total. The van der Waals surface area contributed by atoms with Gasteiger partial charge in [-0.1, -0.05) is 29.8 Å². The molecule has 1 fully saturated rings. The predicted molar refractivity (Wildman–Crippen MR) is 109 cm³/mol. The number of aromatic nitrogens is 2. The largest absolute Gasteiger partial charge is 0.496 e. The fourth-order valence-corrected chi connectivity index (χ4v) is 4.14. The number of rotatable bonds is 5. The molecule has 146 valence electrons. The zero-order valence-electron chi connectivity index (χ0n) is 16.4. The highest BCUT2D eigenvalue weighted by molar-refractivity contribution is 5.66. The van der Waals surface area contributed by atoms with E-state index in [0.717, 1.165) is 37.2 Å². The zero-order chi connectivity index (χ0) is 19.5. The summed E-state index contributed by atoms with van der Waals surface area (Å²) in [5.74, 6) is 0.994. The number of nitrogens with one attached hydrogen (secondary N) is 1. The summed E-state index contributed by atoms with van der Waals surface area (Å²) in [6, 6.07) is 13.3. The van der Waals surface area contributed by atoms with Gasteiger partial charge >= 0.3 is 0 Å². The lowest BCUT2D eigenvalue weighted by molar-refractivity contribution is 0.201. The van der Waals surface area contributed by atoms with Crippen molar-refractivity contribution in [3.63, 3.8) is 0 Å². The van der Waals surface area contributed by atoms with Crippen LogP contribution in [0.2, 0.25) is 0 Å². The summed E-state index contributed by atoms with van der Waals surface area (Å²) in [6.45, 7) is 4.76. The first-order valence-corrected chi connectivity index (χ1v) is 9.79. The molecule has 1 saturated heterocycles. The molecule has 28 heavy (non-hydrogen) atoms. The Morgan fingerprint density at radius 3 is 2.75 bits per heavy atom. The molecule has 1 aliphatic rings. The van der Waals surface area contributed by atoms with Gasteiger partial charge in [0.25, 0.3) is 0 Å². The summed E-state index contributed by atoms with van der Waals surface area (Å²) < 4.78 is 19.0. The van der Waals surface area contributed by atoms with E-state index in [1.54, 1.807) is 19.2 Å². The number of aromatic amines is 1. The van der Waals surface area contributed by atoms with Crippen LogP contribution in [0.5, 0.6) is 5.75 Å². The third kappa shape index (κ3) is 3.94. The molecule has 0 radical (unpaired) electrons. The molecule has 2 aromatic carbocycles. The quantitative estimate of drug-likeness (QED) is 0.685. The van der Waals surface area contributed by atoms with Gasteiger partial charge in [0.05, 0.1) is 13.3 Å². The summed E-state index contributed by atoms with van der Waals surface area (Å²) in [6.07, 6.45) is 4.05. The van der Waals surface area contributed by atoms with Crippen molar-refractivity contribution in [3.8, 4) is 16.9 Å². The number of hydrogen-bond acceptors (Lipinski definition) is 3. The molecular formula is C23H26FN3O. The molecule has 1 aromatic heterocycles. The van der Waals surface area contributed by atoms with Crippen molar-refractivity contribution in [2.24, 2.45) is 0 Å². The van der Waals surface area contributed by atoms with Gasteiger partial charge in [0.2, 0.25) is 0 Å². The van der Waals surface area contributed by atoms with Crippen LogP contribution in [0.1, 0.15) is 35.6 Å². The maximum absolute atomic E-state index is 13.6. The molecule has 0 aliphatic carbocycles. The summed E-state index contributed by atoms with van der Waals surface area (Å²) in [5.41, 5.74) is 5.81. The Balaban J connectivity index is 1.44. The molecule has 0 spiro atoms. The van der Waals surface area contributed by atoms with E-state index < -0.39 is 0 Å². The lowest BCUT2D eigenvalue weighted by atomic mass is 9.89. The second kappa shape index (κ2) is 8.15. The Morgan fingerprint density at radius 2 is 2.00 bits per heavy atom. The average Bonchev–Trinajstić information content (AvgIpc) is 3.19. The summed E-state index contributed by atoms with van der Waals surface area (Å²) in [7, 11) is 1.63. The van der Waals surface area contributed by atoms with Crippen LogP contribution in [0.15, 0.2) is 48.7 Å². The second-order valence-corrected chi connectivity index (χ2v) is 7.57. The van der Waals surface area contributed by atoms with Crippen LogP contribution in [0, 0.1) is 12.7 Å². The molecule has 0 saturated carbocycles. The molecule has 2 heterocycles. The molecule has 1 aliphatic heterocycles. The minimum absolute atomic E-state index is 0.217. The van der Waals surface area contributed by atoms with Crippen LogP contribution in [-0.2, 0) is 6.54 Å². The molecule has 1 N–H and O–H groups in total. The first-order chi connectivity index (χ1) is 13.6. The Kier molecular flexibility index (Phi) is 5.44. The molecular weight excluding hydrogens is 353 g/mol. The molecule has 0 amide bonds. The van der Waals surface area contributed by atoms with E-state index in [1.165, 1.54) is 28.5 Å². The summed E-state index contributed by atoms with van der Waals surface area (Å²) in [5, 5.41) is 7.57. The van der Waals surface area contributed by atoms with Crippen molar-refractivity contribution in [3.05, 3.63) is 71.3 Å². The first-order valence-electron chi connectivity index (χ1n) is 9.79. The van der Waals surface area contributed by atoms with Crippen LogP contribution in [-0.4, -0.2) is 35.3 Å². The van der Waals surface area contributed by atoms with Crippen LogP contribution in [0.4, 0.5) is 4.39 Å². The van der Waals surface area contributed by atoms with Gasteiger partial charge in [-0.2, -0.15) is 5.10 Å². The summed E-state index contributed by atoms with van der Waals surface area (Å²) in [4.78, 5) is 2.37. The van der Waals surface area contributed by atoms with Crippen LogP contribution in [0.25, 0.3) is 11.1 Å². The SMILES string of the molecule is COc1ccc(F)cc1CN1CCC(c2[nH]ncc2-c2cccc(C)c2)CC1. The smallest absolute Gasteiger partial charge is 0.123 e. The molecule has 5 heteroatoms. The number of ether oxygens (including phenoxy) is 1. The highest BCUT2D eigenvalue weighted by Gasteiger charge is 2.25. The molecule has 4 rings (SSSR count). The van der Waals surface area contributed by atoms with Crippen molar-refractivity contribution >= 4 is 0 Å². The molecule has 3 aromatic rings. The maximum atomic E-state index is 13.6. The Morgan fingerprint density at radius 1 is 1.18 bits per heavy atom. The van der Waals surface area contributed by atoms with Crippen LogP contribution >= 0.6 is 0 Å². The minimum Gasteiger partial charge on any atom is -0.496 e. The fraction of sp³-hybridized carbons (Fsp3) is 0.348. The number of nitrogens with zero attached hydrogens (tertiary/aromatic N) is 2.